The molecule has 1 saturated carbocycles. The number of nitrogens with one attached hydrogen (secondary N) is 2. The normalized spacial score (nSPS) is 20.4. The van der Waals surface area contributed by atoms with Crippen LogP contribution in [0.2, 0.25) is 0 Å². The minimum Gasteiger partial charge on any atom is -0.480 e. The minimum atomic E-state index is -0.948. The van der Waals surface area contributed by atoms with Crippen LogP contribution in [0.3, 0.4) is 0 Å². The molecule has 0 aromatic carbocycles. The summed E-state index contributed by atoms with van der Waals surface area (Å²) in [6.07, 6.45) is 4.04. The van der Waals surface area contributed by atoms with E-state index in [1.807, 2.05) is 0 Å². The molecule has 18 heavy (non-hydrogen) atoms. The molecule has 0 spiro atoms. The summed E-state index contributed by atoms with van der Waals surface area (Å²) in [5, 5.41) is 15.0. The molecule has 0 unspecified atom stereocenters. The third-order valence-electron chi connectivity index (χ3n) is 3.46. The Labute approximate surface area is 107 Å². The van der Waals surface area contributed by atoms with Crippen LogP contribution in [0.25, 0.3) is 0 Å². The highest BCUT2D eigenvalue weighted by Gasteiger charge is 2.29. The molecule has 1 saturated heterocycles. The van der Waals surface area contributed by atoms with Crippen molar-refractivity contribution in [3.63, 3.8) is 0 Å². The summed E-state index contributed by atoms with van der Waals surface area (Å²) in [7, 11) is 0. The van der Waals surface area contributed by atoms with Gasteiger partial charge < -0.3 is 20.6 Å². The van der Waals surface area contributed by atoms with Crippen LogP contribution < -0.4 is 10.6 Å². The van der Waals surface area contributed by atoms with Crippen LogP contribution in [-0.2, 0) is 4.79 Å². The molecule has 6 heteroatoms. The summed E-state index contributed by atoms with van der Waals surface area (Å²) >= 11 is 0. The summed E-state index contributed by atoms with van der Waals surface area (Å²) in [6.45, 7) is 2.19. The Morgan fingerprint density at radius 1 is 1.22 bits per heavy atom. The molecule has 102 valence electrons. The molecule has 1 aliphatic carbocycles. The molecule has 1 heterocycles. The third kappa shape index (κ3) is 4.18. The van der Waals surface area contributed by atoms with Gasteiger partial charge in [0.25, 0.3) is 0 Å². The van der Waals surface area contributed by atoms with Gasteiger partial charge in [-0.25, -0.2) is 4.79 Å². The molecule has 0 atom stereocenters. The fourth-order valence-electron chi connectivity index (χ4n) is 2.23. The average Bonchev–Trinajstić information content (AvgIpc) is 3.13. The third-order valence-corrected chi connectivity index (χ3v) is 3.46. The van der Waals surface area contributed by atoms with E-state index in [1.54, 1.807) is 0 Å². The lowest BCUT2D eigenvalue weighted by Crippen LogP contribution is -2.50. The predicted octanol–water partition coefficient (Wildman–Crippen LogP) is 0.245. The number of rotatable bonds is 5. The van der Waals surface area contributed by atoms with E-state index in [1.165, 1.54) is 4.90 Å². The van der Waals surface area contributed by atoms with Crippen LogP contribution >= 0.6 is 0 Å². The number of hydrogen-bond donors (Lipinski definition) is 3. The summed E-state index contributed by atoms with van der Waals surface area (Å²) in [4.78, 5) is 24.3. The Morgan fingerprint density at radius 3 is 2.44 bits per heavy atom. The monoisotopic (exact) mass is 255 g/mol. The number of hydrogen-bond acceptors (Lipinski definition) is 3. The average molecular weight is 255 g/mol. The fourth-order valence-corrected chi connectivity index (χ4v) is 2.23. The summed E-state index contributed by atoms with van der Waals surface area (Å²) in [6, 6.07) is -0.0505. The maximum absolute atomic E-state index is 12.0. The lowest BCUT2D eigenvalue weighted by Gasteiger charge is -2.28. The van der Waals surface area contributed by atoms with Crippen LogP contribution in [-0.4, -0.2) is 54.2 Å². The fraction of sp³-hybridized carbons (Fsp3) is 0.833. The van der Waals surface area contributed by atoms with E-state index in [9.17, 15) is 9.59 Å². The van der Waals surface area contributed by atoms with Gasteiger partial charge >= 0.3 is 12.0 Å². The summed E-state index contributed by atoms with van der Waals surface area (Å²) < 4.78 is 0. The standard InChI is InChI=1S/C12H21N3O3/c16-11(17)8-15(7-9-1-2-9)12(18)14-10-3-5-13-6-4-10/h9-10,13H,1-8H2,(H,14,18)(H,16,17). The van der Waals surface area contributed by atoms with Crippen molar-refractivity contribution in [2.75, 3.05) is 26.2 Å². The Balaban J connectivity index is 1.82. The second-order valence-electron chi connectivity index (χ2n) is 5.19. The van der Waals surface area contributed by atoms with Crippen LogP contribution in [0.5, 0.6) is 0 Å². The maximum atomic E-state index is 12.0. The highest BCUT2D eigenvalue weighted by Crippen LogP contribution is 2.29. The SMILES string of the molecule is O=C(O)CN(CC1CC1)C(=O)NC1CCNCC1. The lowest BCUT2D eigenvalue weighted by molar-refractivity contribution is -0.137. The highest BCUT2D eigenvalue weighted by atomic mass is 16.4. The topological polar surface area (TPSA) is 81.7 Å². The number of urea groups is 1. The van der Waals surface area contributed by atoms with Crippen LogP contribution in [0.4, 0.5) is 4.79 Å². The van der Waals surface area contributed by atoms with Gasteiger partial charge in [0.1, 0.15) is 6.54 Å². The Morgan fingerprint density at radius 2 is 1.89 bits per heavy atom. The lowest BCUT2D eigenvalue weighted by atomic mass is 10.1. The van der Waals surface area contributed by atoms with Gasteiger partial charge in [0.15, 0.2) is 0 Å². The van der Waals surface area contributed by atoms with Crippen molar-refractivity contribution in [1.29, 1.82) is 0 Å². The molecule has 0 radical (unpaired) electrons. The largest absolute Gasteiger partial charge is 0.480 e. The van der Waals surface area contributed by atoms with Gasteiger partial charge in [-0.3, -0.25) is 4.79 Å². The number of piperidine rings is 1. The first-order valence-corrected chi connectivity index (χ1v) is 6.63. The zero-order valence-electron chi connectivity index (χ0n) is 10.5. The van der Waals surface area contributed by atoms with E-state index in [2.05, 4.69) is 10.6 Å². The molecule has 0 aromatic heterocycles. The molecule has 2 fully saturated rings. The molecule has 1 aliphatic heterocycles. The van der Waals surface area contributed by atoms with Crippen molar-refractivity contribution in [2.45, 2.75) is 31.7 Å². The van der Waals surface area contributed by atoms with Gasteiger partial charge in [-0.05, 0) is 44.7 Å². The zero-order valence-corrected chi connectivity index (χ0v) is 10.5. The first-order chi connectivity index (χ1) is 8.65. The van der Waals surface area contributed by atoms with Gasteiger partial charge in [0.05, 0.1) is 0 Å². The van der Waals surface area contributed by atoms with Gasteiger partial charge in [-0.15, -0.1) is 0 Å². The van der Waals surface area contributed by atoms with Gasteiger partial charge in [-0.1, -0.05) is 0 Å². The zero-order chi connectivity index (χ0) is 13.0. The molecule has 6 nitrogen and oxygen atoms in total. The molecule has 2 rings (SSSR count). The molecular weight excluding hydrogens is 234 g/mol. The molecule has 0 bridgehead atoms. The second kappa shape index (κ2) is 6.04. The summed E-state index contributed by atoms with van der Waals surface area (Å²) in [5.74, 6) is -0.445. The van der Waals surface area contributed by atoms with E-state index in [-0.39, 0.29) is 18.6 Å². The predicted molar refractivity (Wildman–Crippen MR) is 66.4 cm³/mol. The van der Waals surface area contributed by atoms with E-state index in [0.29, 0.717) is 12.5 Å². The number of carbonyl (C=O) groups excluding carboxylic acids is 1. The molecule has 3 N–H and O–H groups in total. The van der Waals surface area contributed by atoms with Crippen LogP contribution in [0, 0.1) is 5.92 Å². The number of carboxylic acids is 1. The van der Waals surface area contributed by atoms with Crippen molar-refractivity contribution in [1.82, 2.24) is 15.5 Å². The van der Waals surface area contributed by atoms with Crippen molar-refractivity contribution in [3.05, 3.63) is 0 Å². The second-order valence-corrected chi connectivity index (χ2v) is 5.19. The minimum absolute atomic E-state index is 0.175. The van der Waals surface area contributed by atoms with Crippen LogP contribution in [0.15, 0.2) is 0 Å². The smallest absolute Gasteiger partial charge is 0.323 e. The van der Waals surface area contributed by atoms with Crippen molar-refractivity contribution >= 4 is 12.0 Å². The maximum Gasteiger partial charge on any atom is 0.323 e. The van der Waals surface area contributed by atoms with Crippen LogP contribution in [0.1, 0.15) is 25.7 Å². The Kier molecular flexibility index (Phi) is 4.41. The number of amides is 2. The van der Waals surface area contributed by atoms with E-state index in [0.717, 1.165) is 38.8 Å². The van der Waals surface area contributed by atoms with Crippen molar-refractivity contribution in [2.24, 2.45) is 5.92 Å². The molecular formula is C12H21N3O3. The highest BCUT2D eigenvalue weighted by molar-refractivity contribution is 5.80. The number of carboxylic acid groups (broad SMARTS) is 1. The van der Waals surface area contributed by atoms with Crippen molar-refractivity contribution in [3.8, 4) is 0 Å². The van der Waals surface area contributed by atoms with Gasteiger partial charge in [0.2, 0.25) is 0 Å². The quantitative estimate of drug-likeness (QED) is 0.657. The van der Waals surface area contributed by atoms with E-state index >= 15 is 0 Å². The Bertz CT molecular complexity index is 312. The molecule has 2 aliphatic rings. The van der Waals surface area contributed by atoms with E-state index in [4.69, 9.17) is 5.11 Å². The number of nitrogens with zero attached hydrogens (tertiary/aromatic N) is 1. The molecule has 2 amide bonds. The van der Waals surface area contributed by atoms with Crippen molar-refractivity contribution < 1.29 is 14.7 Å². The Hall–Kier alpha value is -1.30. The van der Waals surface area contributed by atoms with Gasteiger partial charge in [-0.2, -0.15) is 0 Å². The first-order valence-electron chi connectivity index (χ1n) is 6.63. The number of carbonyl (C=O) groups is 2. The first kappa shape index (κ1) is 13.1. The molecule has 0 aromatic rings. The van der Waals surface area contributed by atoms with Gasteiger partial charge in [0, 0.05) is 12.6 Å². The summed E-state index contributed by atoms with van der Waals surface area (Å²) in [5.41, 5.74) is 0. The van der Waals surface area contributed by atoms with E-state index < -0.39 is 5.97 Å². The number of aliphatic carboxylic acids is 1.